The molecule has 0 aromatic heterocycles. The molecule has 7 nitrogen and oxygen atoms in total. The standard InChI is InChI=1S/C30H36FN3O4S/c1-21(2)18-32-30(36)24(5)33(19-25-10-6-22(3)7-11-25)29(35)20-34(27-14-12-26(31)13-15-27)39(37,38)28-16-8-23(4)9-17-28/h6-17,21,24H,18-20H2,1-5H3,(H,32,36). The first kappa shape index (κ1) is 29.8. The minimum absolute atomic E-state index is 0.00182. The first-order chi connectivity index (χ1) is 18.4. The molecule has 0 bridgehead atoms. The van der Waals surface area contributed by atoms with Crippen LogP contribution in [0.15, 0.2) is 77.7 Å². The second-order valence-corrected chi connectivity index (χ2v) is 12.0. The normalized spacial score (nSPS) is 12.2. The van der Waals surface area contributed by atoms with Gasteiger partial charge in [0.05, 0.1) is 10.6 Å². The summed E-state index contributed by atoms with van der Waals surface area (Å²) >= 11 is 0. The van der Waals surface area contributed by atoms with Crippen molar-refractivity contribution < 1.29 is 22.4 Å². The number of hydrogen-bond donors (Lipinski definition) is 1. The zero-order valence-electron chi connectivity index (χ0n) is 23.0. The Morgan fingerprint density at radius 1 is 0.846 bits per heavy atom. The van der Waals surface area contributed by atoms with Crippen LogP contribution in [0.1, 0.15) is 37.5 Å². The highest BCUT2D eigenvalue weighted by Gasteiger charge is 2.32. The third kappa shape index (κ3) is 7.89. The Hall–Kier alpha value is -3.72. The van der Waals surface area contributed by atoms with Crippen LogP contribution in [-0.4, -0.2) is 44.3 Å². The van der Waals surface area contributed by atoms with Crippen molar-refractivity contribution in [2.45, 2.75) is 52.1 Å². The molecule has 1 unspecified atom stereocenters. The number of amides is 2. The predicted octanol–water partition coefficient (Wildman–Crippen LogP) is 4.83. The first-order valence-electron chi connectivity index (χ1n) is 12.9. The molecule has 208 valence electrons. The van der Waals surface area contributed by atoms with Gasteiger partial charge in [-0.25, -0.2) is 12.8 Å². The van der Waals surface area contributed by atoms with Crippen molar-refractivity contribution in [3.05, 3.63) is 95.3 Å². The van der Waals surface area contributed by atoms with Gasteiger partial charge in [-0.1, -0.05) is 61.4 Å². The van der Waals surface area contributed by atoms with E-state index >= 15 is 0 Å². The van der Waals surface area contributed by atoms with Gasteiger partial charge in [-0.2, -0.15) is 0 Å². The highest BCUT2D eigenvalue weighted by atomic mass is 32.2. The van der Waals surface area contributed by atoms with Gasteiger partial charge in [0.1, 0.15) is 18.4 Å². The highest BCUT2D eigenvalue weighted by Crippen LogP contribution is 2.25. The van der Waals surface area contributed by atoms with Crippen LogP contribution in [0.2, 0.25) is 0 Å². The van der Waals surface area contributed by atoms with Crippen molar-refractivity contribution in [1.82, 2.24) is 10.2 Å². The lowest BCUT2D eigenvalue weighted by molar-refractivity contribution is -0.139. The smallest absolute Gasteiger partial charge is 0.264 e. The topological polar surface area (TPSA) is 86.8 Å². The third-order valence-corrected chi connectivity index (χ3v) is 8.12. The van der Waals surface area contributed by atoms with Crippen LogP contribution in [0.4, 0.5) is 10.1 Å². The van der Waals surface area contributed by atoms with Gasteiger partial charge in [-0.3, -0.25) is 13.9 Å². The van der Waals surface area contributed by atoms with E-state index in [2.05, 4.69) is 5.32 Å². The molecule has 3 aromatic carbocycles. The summed E-state index contributed by atoms with van der Waals surface area (Å²) in [5.74, 6) is -1.22. The van der Waals surface area contributed by atoms with Crippen molar-refractivity contribution in [3.63, 3.8) is 0 Å². The van der Waals surface area contributed by atoms with Crippen LogP contribution >= 0.6 is 0 Å². The van der Waals surface area contributed by atoms with Gasteiger partial charge in [0.15, 0.2) is 0 Å². The fourth-order valence-electron chi connectivity index (χ4n) is 3.90. The van der Waals surface area contributed by atoms with E-state index in [4.69, 9.17) is 0 Å². The summed E-state index contributed by atoms with van der Waals surface area (Å²) < 4.78 is 42.2. The summed E-state index contributed by atoms with van der Waals surface area (Å²) in [4.78, 5) is 28.2. The van der Waals surface area contributed by atoms with E-state index in [9.17, 15) is 22.4 Å². The monoisotopic (exact) mass is 553 g/mol. The van der Waals surface area contributed by atoms with Crippen LogP contribution in [-0.2, 0) is 26.2 Å². The number of benzene rings is 3. The van der Waals surface area contributed by atoms with E-state index in [1.165, 1.54) is 29.2 Å². The molecule has 9 heteroatoms. The number of hydrogen-bond acceptors (Lipinski definition) is 4. The molecule has 2 amide bonds. The largest absolute Gasteiger partial charge is 0.354 e. The van der Waals surface area contributed by atoms with E-state index < -0.39 is 34.3 Å². The summed E-state index contributed by atoms with van der Waals surface area (Å²) in [5.41, 5.74) is 2.86. The van der Waals surface area contributed by atoms with Crippen LogP contribution in [0, 0.1) is 25.6 Å². The lowest BCUT2D eigenvalue weighted by Gasteiger charge is -2.32. The fourth-order valence-corrected chi connectivity index (χ4v) is 5.31. The number of halogens is 1. The Morgan fingerprint density at radius 2 is 1.38 bits per heavy atom. The molecule has 0 saturated heterocycles. The second-order valence-electron chi connectivity index (χ2n) is 10.1. The average Bonchev–Trinajstić information content (AvgIpc) is 2.90. The number of carbonyl (C=O) groups excluding carboxylic acids is 2. The van der Waals surface area contributed by atoms with Gasteiger partial charge in [0.2, 0.25) is 11.8 Å². The molecular formula is C30H36FN3O4S. The summed E-state index contributed by atoms with van der Waals surface area (Å²) in [6, 6.07) is 17.9. The Bertz CT molecular complexity index is 1370. The lowest BCUT2D eigenvalue weighted by atomic mass is 10.1. The van der Waals surface area contributed by atoms with Crippen molar-refractivity contribution in [3.8, 4) is 0 Å². The van der Waals surface area contributed by atoms with Gasteiger partial charge in [0, 0.05) is 13.1 Å². The number of carbonyl (C=O) groups is 2. The van der Waals surface area contributed by atoms with E-state index in [0.29, 0.717) is 6.54 Å². The lowest BCUT2D eigenvalue weighted by Crippen LogP contribution is -2.51. The molecule has 39 heavy (non-hydrogen) atoms. The first-order valence-corrected chi connectivity index (χ1v) is 14.3. The Balaban J connectivity index is 2.00. The fraction of sp³-hybridized carbons (Fsp3) is 0.333. The molecule has 0 aliphatic carbocycles. The summed E-state index contributed by atoms with van der Waals surface area (Å²) in [5, 5.41) is 2.86. The van der Waals surface area contributed by atoms with E-state index in [1.807, 2.05) is 52.0 Å². The molecule has 0 heterocycles. The number of aryl methyl sites for hydroxylation is 2. The van der Waals surface area contributed by atoms with Gasteiger partial charge in [-0.15, -0.1) is 0 Å². The van der Waals surface area contributed by atoms with Gasteiger partial charge < -0.3 is 10.2 Å². The highest BCUT2D eigenvalue weighted by molar-refractivity contribution is 7.92. The molecule has 0 spiro atoms. The molecule has 0 aliphatic rings. The summed E-state index contributed by atoms with van der Waals surface area (Å²) in [7, 11) is -4.20. The predicted molar refractivity (Wildman–Crippen MR) is 151 cm³/mol. The molecule has 0 fully saturated rings. The maximum absolute atomic E-state index is 13.8. The number of rotatable bonds is 11. The Labute approximate surface area is 230 Å². The molecule has 0 radical (unpaired) electrons. The number of sulfonamides is 1. The summed E-state index contributed by atoms with van der Waals surface area (Å²) in [6.07, 6.45) is 0. The van der Waals surface area contributed by atoms with Crippen LogP contribution in [0.25, 0.3) is 0 Å². The van der Waals surface area contributed by atoms with Crippen LogP contribution in [0.3, 0.4) is 0 Å². The zero-order chi connectivity index (χ0) is 28.7. The SMILES string of the molecule is Cc1ccc(CN(C(=O)CN(c2ccc(F)cc2)S(=O)(=O)c2ccc(C)cc2)C(C)C(=O)NCC(C)C)cc1. The molecule has 3 rings (SSSR count). The van der Waals surface area contributed by atoms with Gasteiger partial charge in [0.25, 0.3) is 10.0 Å². The molecule has 3 aromatic rings. The average molecular weight is 554 g/mol. The maximum atomic E-state index is 13.8. The van der Waals surface area contributed by atoms with E-state index in [-0.39, 0.29) is 29.0 Å². The third-order valence-electron chi connectivity index (χ3n) is 6.33. The van der Waals surface area contributed by atoms with E-state index in [0.717, 1.165) is 33.1 Å². The second kappa shape index (κ2) is 12.9. The van der Waals surface area contributed by atoms with Crippen molar-refractivity contribution in [2.75, 3.05) is 17.4 Å². The van der Waals surface area contributed by atoms with E-state index in [1.54, 1.807) is 19.1 Å². The molecule has 1 atom stereocenters. The number of nitrogens with one attached hydrogen (secondary N) is 1. The Kier molecular flexibility index (Phi) is 9.86. The molecule has 0 saturated carbocycles. The zero-order valence-corrected chi connectivity index (χ0v) is 23.8. The van der Waals surface area contributed by atoms with Crippen molar-refractivity contribution in [2.24, 2.45) is 5.92 Å². The minimum atomic E-state index is -4.20. The van der Waals surface area contributed by atoms with Crippen LogP contribution in [0.5, 0.6) is 0 Å². The molecule has 1 N–H and O–H groups in total. The van der Waals surface area contributed by atoms with Crippen LogP contribution < -0.4 is 9.62 Å². The van der Waals surface area contributed by atoms with Gasteiger partial charge in [-0.05, 0) is 68.7 Å². The number of nitrogens with zero attached hydrogens (tertiary/aromatic N) is 2. The molecule has 0 aliphatic heterocycles. The molecular weight excluding hydrogens is 517 g/mol. The van der Waals surface area contributed by atoms with Gasteiger partial charge >= 0.3 is 0 Å². The Morgan fingerprint density at radius 3 is 1.92 bits per heavy atom. The minimum Gasteiger partial charge on any atom is -0.354 e. The maximum Gasteiger partial charge on any atom is 0.264 e. The van der Waals surface area contributed by atoms with Crippen molar-refractivity contribution >= 4 is 27.5 Å². The van der Waals surface area contributed by atoms with Crippen molar-refractivity contribution in [1.29, 1.82) is 0 Å². The summed E-state index contributed by atoms with van der Waals surface area (Å²) in [6.45, 7) is 9.33. The number of anilines is 1. The quantitative estimate of drug-likeness (QED) is 0.369.